The van der Waals surface area contributed by atoms with Gasteiger partial charge in [0.25, 0.3) is 0 Å². The van der Waals surface area contributed by atoms with Crippen LogP contribution in [0, 0.1) is 15.2 Å². The maximum atomic E-state index is 13.2. The Morgan fingerprint density at radius 1 is 1.46 bits per heavy atom. The molecule has 1 rings (SSSR count). The van der Waals surface area contributed by atoms with Crippen LogP contribution in [-0.4, -0.2) is 11.1 Å². The number of hydrogen-bond acceptors (Lipinski definition) is 1. The molecule has 0 unspecified atom stereocenters. The number of rotatable bonds is 2. The zero-order valence-electron chi connectivity index (χ0n) is 6.28. The molecule has 0 heterocycles. The molecule has 1 nitrogen and oxygen atoms in total. The van der Waals surface area contributed by atoms with Crippen molar-refractivity contribution < 1.29 is 13.6 Å². The Labute approximate surface area is 95.8 Å². The van der Waals surface area contributed by atoms with Gasteiger partial charge in [0.05, 0.1) is 10.9 Å². The summed E-state index contributed by atoms with van der Waals surface area (Å²) in [6.07, 6.45) is 0. The van der Waals surface area contributed by atoms with Crippen LogP contribution in [-0.2, 0) is 0 Å². The molecule has 0 fully saturated rings. The summed E-state index contributed by atoms with van der Waals surface area (Å²) in [4.78, 5) is 11.1. The molecule has 5 heteroatoms. The Morgan fingerprint density at radius 3 is 2.62 bits per heavy atom. The predicted molar refractivity (Wildman–Crippen MR) is 57.2 cm³/mol. The van der Waals surface area contributed by atoms with Gasteiger partial charge in [-0.2, -0.15) is 0 Å². The summed E-state index contributed by atoms with van der Waals surface area (Å²) in [5.41, 5.74) is -0.469. The van der Waals surface area contributed by atoms with Crippen LogP contribution in [0.15, 0.2) is 12.1 Å². The van der Waals surface area contributed by atoms with Gasteiger partial charge in [-0.05, 0) is 34.7 Å². The quantitative estimate of drug-likeness (QED) is 0.343. The highest BCUT2D eigenvalue weighted by molar-refractivity contribution is 14.1. The molecule has 70 valence electrons. The van der Waals surface area contributed by atoms with E-state index in [9.17, 15) is 13.6 Å². The van der Waals surface area contributed by atoms with E-state index in [0.29, 0.717) is 0 Å². The highest BCUT2D eigenvalue weighted by Gasteiger charge is 2.18. The van der Waals surface area contributed by atoms with E-state index in [1.165, 1.54) is 6.07 Å². The first-order valence-corrected chi connectivity index (χ1v) is 5.50. The second kappa shape index (κ2) is 4.45. The molecule has 0 spiro atoms. The van der Waals surface area contributed by atoms with Crippen LogP contribution >= 0.6 is 38.5 Å². The van der Waals surface area contributed by atoms with Crippen LogP contribution in [0.4, 0.5) is 8.78 Å². The molecule has 1 aromatic rings. The van der Waals surface area contributed by atoms with Crippen LogP contribution in [0.2, 0.25) is 0 Å². The van der Waals surface area contributed by atoms with Crippen molar-refractivity contribution >= 4 is 44.3 Å². The molecule has 0 aromatic heterocycles. The third-order valence-electron chi connectivity index (χ3n) is 1.44. The normalized spacial score (nSPS) is 10.2. The first-order chi connectivity index (χ1) is 6.07. The smallest absolute Gasteiger partial charge is 0.179 e. The maximum Gasteiger partial charge on any atom is 0.179 e. The Balaban J connectivity index is 3.33. The number of benzene rings is 1. The van der Waals surface area contributed by atoms with Gasteiger partial charge in [-0.1, -0.05) is 15.9 Å². The summed E-state index contributed by atoms with van der Waals surface area (Å²) >= 11 is 4.57. The summed E-state index contributed by atoms with van der Waals surface area (Å²) in [6.45, 7) is 0. The van der Waals surface area contributed by atoms with Crippen LogP contribution in [0.3, 0.4) is 0 Å². The average Bonchev–Trinajstić information content (AvgIpc) is 2.12. The molecular formula is C8H4BrF2IO. The molecule has 0 aliphatic heterocycles. The van der Waals surface area contributed by atoms with E-state index in [0.717, 1.165) is 6.07 Å². The minimum Gasteiger partial charge on any atom is -0.293 e. The monoisotopic (exact) mass is 360 g/mol. The Morgan fingerprint density at radius 2 is 2.08 bits per heavy atom. The summed E-state index contributed by atoms with van der Waals surface area (Å²) in [6, 6.07) is 2.37. The minimum atomic E-state index is -0.817. The molecular weight excluding hydrogens is 357 g/mol. The number of carbonyl (C=O) groups is 1. The van der Waals surface area contributed by atoms with Gasteiger partial charge < -0.3 is 0 Å². The Hall–Kier alpha value is -0.0400. The fraction of sp³-hybridized carbons (Fsp3) is 0.125. The second-order valence-electron chi connectivity index (χ2n) is 2.27. The maximum absolute atomic E-state index is 13.2. The average molecular weight is 361 g/mol. The first-order valence-electron chi connectivity index (χ1n) is 3.30. The third kappa shape index (κ3) is 2.25. The van der Waals surface area contributed by atoms with E-state index in [2.05, 4.69) is 15.9 Å². The molecule has 0 saturated carbocycles. The van der Waals surface area contributed by atoms with Gasteiger partial charge in [-0.15, -0.1) is 0 Å². The molecule has 0 N–H and O–H groups in total. The van der Waals surface area contributed by atoms with Gasteiger partial charge in [0.15, 0.2) is 5.78 Å². The van der Waals surface area contributed by atoms with Crippen molar-refractivity contribution in [3.8, 4) is 0 Å². The van der Waals surface area contributed by atoms with Gasteiger partial charge >= 0.3 is 0 Å². The number of halogens is 4. The lowest BCUT2D eigenvalue weighted by molar-refractivity contribution is 0.101. The van der Waals surface area contributed by atoms with Crippen molar-refractivity contribution in [3.05, 3.63) is 32.9 Å². The highest BCUT2D eigenvalue weighted by Crippen LogP contribution is 2.19. The van der Waals surface area contributed by atoms with E-state index in [1.54, 1.807) is 22.6 Å². The lowest BCUT2D eigenvalue weighted by Gasteiger charge is -2.02. The van der Waals surface area contributed by atoms with Gasteiger partial charge in [0, 0.05) is 3.57 Å². The number of ketones is 1. The molecule has 0 bridgehead atoms. The standard InChI is InChI=1S/C8H4BrF2IO/c9-3-6(13)7-4(10)1-2-5(12)8(7)11/h1-2H,3H2. The molecule has 0 aliphatic carbocycles. The molecule has 0 amide bonds. The molecule has 0 atom stereocenters. The first kappa shape index (κ1) is 11.0. The topological polar surface area (TPSA) is 17.1 Å². The largest absolute Gasteiger partial charge is 0.293 e. The van der Waals surface area contributed by atoms with Crippen LogP contribution < -0.4 is 0 Å². The molecule has 1 aromatic carbocycles. The molecule has 0 saturated heterocycles. The number of carbonyl (C=O) groups excluding carboxylic acids is 1. The summed E-state index contributed by atoms with van der Waals surface area (Å²) in [7, 11) is 0. The van der Waals surface area contributed by atoms with E-state index in [-0.39, 0.29) is 8.90 Å². The summed E-state index contributed by atoms with van der Waals surface area (Å²) in [5.74, 6) is -2.19. The lowest BCUT2D eigenvalue weighted by atomic mass is 10.1. The third-order valence-corrected chi connectivity index (χ3v) is 2.79. The minimum absolute atomic E-state index is 0.0824. The van der Waals surface area contributed by atoms with Crippen molar-refractivity contribution in [1.82, 2.24) is 0 Å². The number of alkyl halides is 1. The SMILES string of the molecule is O=C(CBr)c1c(F)ccc(I)c1F. The Bertz CT molecular complexity index is 354. The second-order valence-corrected chi connectivity index (χ2v) is 4.00. The van der Waals surface area contributed by atoms with Crippen LogP contribution in [0.1, 0.15) is 10.4 Å². The fourth-order valence-corrected chi connectivity index (χ4v) is 1.58. The fourth-order valence-electron chi connectivity index (χ4n) is 0.849. The van der Waals surface area contributed by atoms with Gasteiger partial charge in [0.1, 0.15) is 11.6 Å². The molecule has 0 radical (unpaired) electrons. The van der Waals surface area contributed by atoms with E-state index in [1.807, 2.05) is 0 Å². The van der Waals surface area contributed by atoms with Crippen molar-refractivity contribution in [1.29, 1.82) is 0 Å². The zero-order chi connectivity index (χ0) is 10.0. The lowest BCUT2D eigenvalue weighted by Crippen LogP contribution is -2.08. The zero-order valence-corrected chi connectivity index (χ0v) is 10.0. The van der Waals surface area contributed by atoms with Gasteiger partial charge in [-0.25, -0.2) is 8.78 Å². The molecule has 13 heavy (non-hydrogen) atoms. The summed E-state index contributed by atoms with van der Waals surface area (Å²) in [5, 5.41) is -0.0824. The number of Topliss-reactive ketones (excluding diaryl/α,β-unsaturated/α-hetero) is 1. The number of hydrogen-bond donors (Lipinski definition) is 0. The van der Waals surface area contributed by atoms with Crippen molar-refractivity contribution in [2.24, 2.45) is 0 Å². The van der Waals surface area contributed by atoms with E-state index in [4.69, 9.17) is 0 Å². The van der Waals surface area contributed by atoms with Crippen molar-refractivity contribution in [3.63, 3.8) is 0 Å². The van der Waals surface area contributed by atoms with Crippen molar-refractivity contribution in [2.75, 3.05) is 5.33 Å². The van der Waals surface area contributed by atoms with Gasteiger partial charge in [-0.3, -0.25) is 4.79 Å². The Kier molecular flexibility index (Phi) is 3.78. The van der Waals surface area contributed by atoms with Crippen molar-refractivity contribution in [2.45, 2.75) is 0 Å². The van der Waals surface area contributed by atoms with Crippen LogP contribution in [0.25, 0.3) is 0 Å². The highest BCUT2D eigenvalue weighted by atomic mass is 127. The van der Waals surface area contributed by atoms with E-state index >= 15 is 0 Å². The summed E-state index contributed by atoms with van der Waals surface area (Å²) < 4.78 is 26.4. The molecule has 0 aliphatic rings. The van der Waals surface area contributed by atoms with E-state index < -0.39 is 23.0 Å². The predicted octanol–water partition coefficient (Wildman–Crippen LogP) is 3.15. The van der Waals surface area contributed by atoms with Gasteiger partial charge in [0.2, 0.25) is 0 Å². The van der Waals surface area contributed by atoms with Crippen LogP contribution in [0.5, 0.6) is 0 Å².